The van der Waals surface area contributed by atoms with Crippen molar-refractivity contribution in [2.24, 2.45) is 0 Å². The van der Waals surface area contributed by atoms with Crippen molar-refractivity contribution in [3.8, 4) is 22.8 Å². The molecule has 0 fully saturated rings. The molecule has 0 saturated heterocycles. The number of aryl methyl sites for hydroxylation is 2. The van der Waals surface area contributed by atoms with E-state index in [2.05, 4.69) is 19.9 Å². The maximum absolute atomic E-state index is 9.00. The second-order valence-electron chi connectivity index (χ2n) is 7.94. The van der Waals surface area contributed by atoms with Crippen molar-refractivity contribution in [3.63, 3.8) is 0 Å². The summed E-state index contributed by atoms with van der Waals surface area (Å²) in [5.41, 5.74) is 6.12. The van der Waals surface area contributed by atoms with Crippen LogP contribution < -0.4 is 0 Å². The standard InChI is InChI=1S/2C11H10N2.4C2H4O2.2Pd/c2*1-9-5-7-13-11(8-9)10-4-2-3-6-12-10;4*1-2(3)4;;/h2*2-8H,1H3;4*1H3,(H,3,4);;. The Bertz CT molecular complexity index is 1220. The Morgan fingerprint density at radius 3 is 0.909 bits per heavy atom. The Balaban J connectivity index is -0.000000241. The quantitative estimate of drug-likeness (QED) is 0.192. The van der Waals surface area contributed by atoms with Gasteiger partial charge in [0.05, 0.1) is 22.8 Å². The molecule has 244 valence electrons. The Kier molecular flexibility index (Phi) is 30.7. The van der Waals surface area contributed by atoms with E-state index in [1.807, 2.05) is 74.5 Å². The van der Waals surface area contributed by atoms with Gasteiger partial charge in [-0.15, -0.1) is 0 Å². The number of nitrogens with zero attached hydrogens (tertiary/aromatic N) is 4. The van der Waals surface area contributed by atoms with E-state index in [1.165, 1.54) is 11.1 Å². The summed E-state index contributed by atoms with van der Waals surface area (Å²) in [5, 5.41) is 29.7. The van der Waals surface area contributed by atoms with Crippen molar-refractivity contribution in [1.29, 1.82) is 0 Å². The molecule has 0 atom stereocenters. The molecule has 4 N–H and O–H groups in total. The Morgan fingerprint density at radius 1 is 0.455 bits per heavy atom. The van der Waals surface area contributed by atoms with Crippen LogP contribution >= 0.6 is 0 Å². The molecule has 0 radical (unpaired) electrons. The molecule has 4 aromatic rings. The first-order chi connectivity index (χ1) is 19.6. The molecule has 0 unspecified atom stereocenters. The minimum atomic E-state index is -0.833. The van der Waals surface area contributed by atoms with Gasteiger partial charge in [0.2, 0.25) is 0 Å². The molecule has 0 saturated carbocycles. The van der Waals surface area contributed by atoms with Crippen molar-refractivity contribution < 1.29 is 80.4 Å². The van der Waals surface area contributed by atoms with Crippen LogP contribution in [0.3, 0.4) is 0 Å². The minimum absolute atomic E-state index is 0. The predicted molar refractivity (Wildman–Crippen MR) is 158 cm³/mol. The van der Waals surface area contributed by atoms with E-state index in [1.54, 1.807) is 24.8 Å². The van der Waals surface area contributed by atoms with Crippen LogP contribution in [0.5, 0.6) is 0 Å². The van der Waals surface area contributed by atoms with E-state index in [4.69, 9.17) is 39.6 Å². The molecule has 0 aliphatic heterocycles. The average molecular weight is 793 g/mol. The Hall–Kier alpha value is -4.20. The molecule has 12 nitrogen and oxygen atoms in total. The Morgan fingerprint density at radius 2 is 0.705 bits per heavy atom. The Labute approximate surface area is 284 Å². The minimum Gasteiger partial charge on any atom is -0.481 e. The van der Waals surface area contributed by atoms with Gasteiger partial charge in [-0.25, -0.2) is 0 Å². The summed E-state index contributed by atoms with van der Waals surface area (Å²) in [6.07, 6.45) is 7.16. The molecule has 4 rings (SSSR count). The molecular weight excluding hydrogens is 757 g/mol. The van der Waals surface area contributed by atoms with E-state index in [-0.39, 0.29) is 40.8 Å². The number of carboxylic acid groups (broad SMARTS) is 4. The van der Waals surface area contributed by atoms with Crippen molar-refractivity contribution in [3.05, 3.63) is 96.6 Å². The maximum Gasteiger partial charge on any atom is 0.300 e. The number of pyridine rings is 4. The van der Waals surface area contributed by atoms with Gasteiger partial charge in [0.15, 0.2) is 0 Å². The van der Waals surface area contributed by atoms with Gasteiger partial charge in [0, 0.05) is 93.3 Å². The monoisotopic (exact) mass is 792 g/mol. The normalized spacial score (nSPS) is 8.14. The first kappa shape index (κ1) is 46.8. The van der Waals surface area contributed by atoms with Crippen LogP contribution in [-0.2, 0) is 60.0 Å². The number of hydrogen-bond acceptors (Lipinski definition) is 8. The van der Waals surface area contributed by atoms with Gasteiger partial charge < -0.3 is 20.4 Å². The first-order valence-electron chi connectivity index (χ1n) is 12.1. The van der Waals surface area contributed by atoms with Crippen molar-refractivity contribution in [2.45, 2.75) is 41.5 Å². The number of rotatable bonds is 2. The second kappa shape index (κ2) is 28.9. The van der Waals surface area contributed by atoms with E-state index in [0.717, 1.165) is 50.5 Å². The smallest absolute Gasteiger partial charge is 0.300 e. The number of aromatic nitrogens is 4. The van der Waals surface area contributed by atoms with Gasteiger partial charge in [-0.3, -0.25) is 39.1 Å². The molecule has 0 bridgehead atoms. The zero-order chi connectivity index (χ0) is 32.5. The van der Waals surface area contributed by atoms with E-state index < -0.39 is 23.9 Å². The number of carboxylic acids is 4. The zero-order valence-electron chi connectivity index (χ0n) is 24.9. The summed E-state index contributed by atoms with van der Waals surface area (Å²) in [6, 6.07) is 19.7. The number of aliphatic carboxylic acids is 4. The summed E-state index contributed by atoms with van der Waals surface area (Å²) in [4.78, 5) is 52.9. The molecule has 14 heteroatoms. The molecule has 0 aromatic carbocycles. The second-order valence-corrected chi connectivity index (χ2v) is 7.94. The van der Waals surface area contributed by atoms with Gasteiger partial charge in [0.1, 0.15) is 0 Å². The van der Waals surface area contributed by atoms with Crippen molar-refractivity contribution in [2.75, 3.05) is 0 Å². The van der Waals surface area contributed by atoms with Gasteiger partial charge in [0.25, 0.3) is 23.9 Å². The number of hydrogen-bond donors (Lipinski definition) is 4. The molecule has 0 amide bonds. The van der Waals surface area contributed by atoms with Gasteiger partial charge in [-0.1, -0.05) is 12.1 Å². The van der Waals surface area contributed by atoms with Crippen LogP contribution in [0.15, 0.2) is 85.5 Å². The fourth-order valence-corrected chi connectivity index (χ4v) is 2.38. The summed E-state index contributed by atoms with van der Waals surface area (Å²) < 4.78 is 0. The van der Waals surface area contributed by atoms with Crippen molar-refractivity contribution >= 4 is 23.9 Å². The number of carbonyl (C=O) groups is 4. The van der Waals surface area contributed by atoms with Crippen LogP contribution in [0.1, 0.15) is 38.8 Å². The molecule has 4 heterocycles. The van der Waals surface area contributed by atoms with Crippen LogP contribution in [-0.4, -0.2) is 64.2 Å². The molecule has 0 spiro atoms. The predicted octanol–water partition coefficient (Wildman–Crippen LogP) is 5.26. The van der Waals surface area contributed by atoms with Gasteiger partial charge >= 0.3 is 0 Å². The summed E-state index contributed by atoms with van der Waals surface area (Å²) >= 11 is 0. The zero-order valence-corrected chi connectivity index (χ0v) is 28.0. The largest absolute Gasteiger partial charge is 0.481 e. The maximum atomic E-state index is 9.00. The molecule has 0 aliphatic rings. The first-order valence-corrected chi connectivity index (χ1v) is 12.1. The summed E-state index contributed by atoms with van der Waals surface area (Å²) in [6.45, 7) is 8.43. The van der Waals surface area contributed by atoms with Crippen molar-refractivity contribution in [1.82, 2.24) is 19.9 Å². The van der Waals surface area contributed by atoms with Crippen LogP contribution in [0.25, 0.3) is 22.8 Å². The molecule has 44 heavy (non-hydrogen) atoms. The third-order valence-electron chi connectivity index (χ3n) is 3.69. The van der Waals surface area contributed by atoms with Crippen LogP contribution in [0.4, 0.5) is 0 Å². The fraction of sp³-hybridized carbons (Fsp3) is 0.200. The average Bonchev–Trinajstić information content (AvgIpc) is 2.89. The van der Waals surface area contributed by atoms with E-state index >= 15 is 0 Å². The third kappa shape index (κ3) is 32.3. The summed E-state index contributed by atoms with van der Waals surface area (Å²) in [7, 11) is 0. The van der Waals surface area contributed by atoms with Gasteiger partial charge in [-0.2, -0.15) is 0 Å². The molecule has 4 aromatic heterocycles. The van der Waals surface area contributed by atoms with E-state index in [9.17, 15) is 0 Å². The molecular formula is C30H36N4O8Pd2. The topological polar surface area (TPSA) is 201 Å². The third-order valence-corrected chi connectivity index (χ3v) is 3.69. The SMILES string of the molecule is CC(=O)O.CC(=O)O.CC(=O)O.CC(=O)O.Cc1ccnc(-c2ccccn2)c1.Cc1ccnc(-c2ccccn2)c1.[Pd].[Pd]. The molecule has 0 aliphatic carbocycles. The van der Waals surface area contributed by atoms with E-state index in [0.29, 0.717) is 0 Å². The van der Waals surface area contributed by atoms with Gasteiger partial charge in [-0.05, 0) is 73.5 Å². The van der Waals surface area contributed by atoms with Crippen LogP contribution in [0, 0.1) is 13.8 Å². The summed E-state index contributed by atoms with van der Waals surface area (Å²) in [5.74, 6) is -3.33. The fourth-order valence-electron chi connectivity index (χ4n) is 2.38. The van der Waals surface area contributed by atoms with Crippen LogP contribution in [0.2, 0.25) is 0 Å².